The molecule has 3 rings (SSSR count). The molecule has 2 aromatic carbocycles. The van der Waals surface area contributed by atoms with Crippen LogP contribution in [0, 0.1) is 6.92 Å². The van der Waals surface area contributed by atoms with Crippen LogP contribution in [0.2, 0.25) is 0 Å². The third kappa shape index (κ3) is 3.77. The number of rotatable bonds is 3. The number of nitrogens with one attached hydrogen (secondary N) is 2. The van der Waals surface area contributed by atoms with Crippen molar-refractivity contribution in [2.75, 3.05) is 10.6 Å². The summed E-state index contributed by atoms with van der Waals surface area (Å²) in [5, 5.41) is 6.37. The van der Waals surface area contributed by atoms with Crippen LogP contribution in [0.3, 0.4) is 0 Å². The summed E-state index contributed by atoms with van der Waals surface area (Å²) in [7, 11) is 0. The van der Waals surface area contributed by atoms with Crippen molar-refractivity contribution in [2.24, 2.45) is 0 Å². The molecule has 1 heterocycles. The van der Waals surface area contributed by atoms with Crippen LogP contribution in [0.4, 0.5) is 11.4 Å². The number of halogens is 2. The third-order valence-electron chi connectivity index (χ3n) is 3.64. The molecule has 5 nitrogen and oxygen atoms in total. The van der Waals surface area contributed by atoms with Gasteiger partial charge in [-0.1, -0.05) is 31.9 Å². The molecule has 0 spiro atoms. The second kappa shape index (κ2) is 7.01. The fourth-order valence-electron chi connectivity index (χ4n) is 2.51. The van der Waals surface area contributed by atoms with E-state index in [0.717, 1.165) is 19.9 Å². The van der Waals surface area contributed by atoms with Gasteiger partial charge in [0, 0.05) is 26.8 Å². The molecule has 3 aromatic rings. The van der Waals surface area contributed by atoms with Crippen LogP contribution in [0.25, 0.3) is 11.0 Å². The Hall–Kier alpha value is -2.12. The highest BCUT2D eigenvalue weighted by atomic mass is 79.9. The minimum Gasteiger partial charge on any atom is -0.451 e. The van der Waals surface area contributed by atoms with Gasteiger partial charge in [0.25, 0.3) is 5.91 Å². The van der Waals surface area contributed by atoms with Crippen molar-refractivity contribution in [1.29, 1.82) is 0 Å². The van der Waals surface area contributed by atoms with E-state index in [4.69, 9.17) is 4.42 Å². The zero-order valence-corrected chi connectivity index (χ0v) is 16.6. The second-order valence-corrected chi connectivity index (χ2v) is 7.35. The molecule has 1 aromatic heterocycles. The second-order valence-electron chi connectivity index (χ2n) is 5.52. The number of hydrogen-bond acceptors (Lipinski definition) is 3. The molecule has 0 unspecified atom stereocenters. The smallest absolute Gasteiger partial charge is 0.291 e. The summed E-state index contributed by atoms with van der Waals surface area (Å²) >= 11 is 6.79. The van der Waals surface area contributed by atoms with E-state index < -0.39 is 0 Å². The predicted molar refractivity (Wildman–Crippen MR) is 105 cm³/mol. The Bertz CT molecular complexity index is 995. The number of carbonyl (C=O) groups excluding carboxylic acids is 2. The highest BCUT2D eigenvalue weighted by molar-refractivity contribution is 9.10. The number of carbonyl (C=O) groups is 2. The van der Waals surface area contributed by atoms with Gasteiger partial charge in [-0.2, -0.15) is 0 Å². The molecule has 0 aliphatic heterocycles. The average molecular weight is 466 g/mol. The van der Waals surface area contributed by atoms with Gasteiger partial charge in [-0.05, 0) is 43.3 Å². The molecule has 0 atom stereocenters. The first-order chi connectivity index (χ1) is 11.8. The van der Waals surface area contributed by atoms with E-state index in [1.165, 1.54) is 6.92 Å². The molecule has 0 saturated heterocycles. The van der Waals surface area contributed by atoms with Crippen LogP contribution < -0.4 is 10.6 Å². The molecular formula is C18H14Br2N2O3. The Kier molecular flexibility index (Phi) is 4.96. The maximum absolute atomic E-state index is 12.7. The summed E-state index contributed by atoms with van der Waals surface area (Å²) in [5.41, 5.74) is 2.39. The van der Waals surface area contributed by atoms with Crippen LogP contribution in [-0.4, -0.2) is 11.8 Å². The first-order valence-corrected chi connectivity index (χ1v) is 9.01. The van der Waals surface area contributed by atoms with E-state index in [2.05, 4.69) is 42.5 Å². The maximum atomic E-state index is 12.7. The fraction of sp³-hybridized carbons (Fsp3) is 0.111. The van der Waals surface area contributed by atoms with Crippen LogP contribution in [0.1, 0.15) is 23.0 Å². The van der Waals surface area contributed by atoms with Crippen LogP contribution in [-0.2, 0) is 4.79 Å². The van der Waals surface area contributed by atoms with Gasteiger partial charge in [-0.3, -0.25) is 9.59 Å². The van der Waals surface area contributed by atoms with Gasteiger partial charge in [-0.25, -0.2) is 0 Å². The minimum atomic E-state index is -0.380. The molecule has 0 aliphatic rings. The quantitative estimate of drug-likeness (QED) is 0.538. The number of anilines is 2. The van der Waals surface area contributed by atoms with Crippen LogP contribution in [0.15, 0.2) is 49.8 Å². The summed E-state index contributed by atoms with van der Waals surface area (Å²) in [6.07, 6.45) is 0. The molecule has 0 radical (unpaired) electrons. The lowest BCUT2D eigenvalue weighted by molar-refractivity contribution is -0.114. The number of fused-ring (bicyclic) bond motifs is 1. The average Bonchev–Trinajstić information content (AvgIpc) is 2.86. The van der Waals surface area contributed by atoms with Gasteiger partial charge in [-0.15, -0.1) is 0 Å². The van der Waals surface area contributed by atoms with Gasteiger partial charge in [0.15, 0.2) is 5.76 Å². The number of hydrogen-bond donors (Lipinski definition) is 2. The zero-order valence-electron chi connectivity index (χ0n) is 13.4. The Morgan fingerprint density at radius 1 is 0.960 bits per heavy atom. The maximum Gasteiger partial charge on any atom is 0.291 e. The summed E-state index contributed by atoms with van der Waals surface area (Å²) < 4.78 is 7.40. The molecule has 0 bridgehead atoms. The Balaban J connectivity index is 1.96. The Morgan fingerprint density at radius 3 is 2.36 bits per heavy atom. The normalized spacial score (nSPS) is 10.7. The molecule has 0 fully saturated rings. The summed E-state index contributed by atoms with van der Waals surface area (Å²) in [6, 6.07) is 10.8. The standard InChI is InChI=1S/C18H14Br2N2O3/c1-9-13-7-11(19)4-6-16(13)25-17(9)18(24)22-15-8-12(20)3-5-14(15)21-10(2)23/h3-8H,1-2H3,(H,21,23)(H,22,24). The van der Waals surface area contributed by atoms with E-state index in [0.29, 0.717) is 17.0 Å². The lowest BCUT2D eigenvalue weighted by atomic mass is 10.1. The molecule has 7 heteroatoms. The molecule has 2 amide bonds. The van der Waals surface area contributed by atoms with Crippen molar-refractivity contribution in [2.45, 2.75) is 13.8 Å². The first kappa shape index (κ1) is 17.7. The topological polar surface area (TPSA) is 71.3 Å². The van der Waals surface area contributed by atoms with Crippen LogP contribution in [0.5, 0.6) is 0 Å². The summed E-state index contributed by atoms with van der Waals surface area (Å²) in [6.45, 7) is 3.25. The van der Waals surface area contributed by atoms with Crippen molar-refractivity contribution in [3.8, 4) is 0 Å². The van der Waals surface area contributed by atoms with E-state index in [9.17, 15) is 9.59 Å². The minimum absolute atomic E-state index is 0.220. The van der Waals surface area contributed by atoms with E-state index in [-0.39, 0.29) is 17.6 Å². The van der Waals surface area contributed by atoms with E-state index >= 15 is 0 Å². The Morgan fingerprint density at radius 2 is 1.64 bits per heavy atom. The molecule has 128 valence electrons. The van der Waals surface area contributed by atoms with Gasteiger partial charge in [0.1, 0.15) is 5.58 Å². The molecule has 25 heavy (non-hydrogen) atoms. The molecule has 2 N–H and O–H groups in total. The number of furan rings is 1. The Labute approximate surface area is 161 Å². The number of benzene rings is 2. The first-order valence-electron chi connectivity index (χ1n) is 7.42. The van der Waals surface area contributed by atoms with Crippen molar-refractivity contribution < 1.29 is 14.0 Å². The van der Waals surface area contributed by atoms with Crippen molar-refractivity contribution in [3.05, 3.63) is 56.7 Å². The molecular weight excluding hydrogens is 452 g/mol. The van der Waals surface area contributed by atoms with Gasteiger partial charge < -0.3 is 15.1 Å². The highest BCUT2D eigenvalue weighted by Crippen LogP contribution is 2.30. The largest absolute Gasteiger partial charge is 0.451 e. The summed E-state index contributed by atoms with van der Waals surface area (Å²) in [5.74, 6) is -0.362. The van der Waals surface area contributed by atoms with Crippen molar-refractivity contribution in [3.63, 3.8) is 0 Å². The number of aryl methyl sites for hydroxylation is 1. The van der Waals surface area contributed by atoms with Crippen molar-refractivity contribution in [1.82, 2.24) is 0 Å². The summed E-state index contributed by atoms with van der Waals surface area (Å²) in [4.78, 5) is 24.0. The number of amides is 2. The van der Waals surface area contributed by atoms with E-state index in [1.54, 1.807) is 18.2 Å². The lowest BCUT2D eigenvalue weighted by Gasteiger charge is -2.11. The van der Waals surface area contributed by atoms with Crippen LogP contribution >= 0.6 is 31.9 Å². The monoisotopic (exact) mass is 464 g/mol. The molecule has 0 aliphatic carbocycles. The fourth-order valence-corrected chi connectivity index (χ4v) is 3.23. The predicted octanol–water partition coefficient (Wildman–Crippen LogP) is 5.48. The third-order valence-corrected chi connectivity index (χ3v) is 4.63. The van der Waals surface area contributed by atoms with Gasteiger partial charge in [0.05, 0.1) is 11.4 Å². The van der Waals surface area contributed by atoms with Gasteiger partial charge in [0.2, 0.25) is 5.91 Å². The zero-order chi connectivity index (χ0) is 18.1. The molecule has 0 saturated carbocycles. The van der Waals surface area contributed by atoms with E-state index in [1.807, 2.05) is 25.1 Å². The van der Waals surface area contributed by atoms with Crippen molar-refractivity contribution >= 4 is 66.0 Å². The lowest BCUT2D eigenvalue weighted by Crippen LogP contribution is -2.15. The highest BCUT2D eigenvalue weighted by Gasteiger charge is 2.19. The SMILES string of the molecule is CC(=O)Nc1ccc(Br)cc1NC(=O)c1oc2ccc(Br)cc2c1C. The van der Waals surface area contributed by atoms with Gasteiger partial charge >= 0.3 is 0 Å².